The van der Waals surface area contributed by atoms with Crippen molar-refractivity contribution in [1.29, 1.82) is 0 Å². The Labute approximate surface area is 148 Å². The normalized spacial score (nSPS) is 11.2. The molecule has 3 aromatic rings. The van der Waals surface area contributed by atoms with E-state index in [1.54, 1.807) is 25.3 Å². The molecule has 0 bridgehead atoms. The van der Waals surface area contributed by atoms with E-state index in [0.29, 0.717) is 28.3 Å². The van der Waals surface area contributed by atoms with Crippen molar-refractivity contribution in [2.24, 2.45) is 0 Å². The van der Waals surface area contributed by atoms with Gasteiger partial charge in [0, 0.05) is 22.9 Å². The number of hydrogen-bond acceptors (Lipinski definition) is 4. The lowest BCUT2D eigenvalue weighted by atomic mass is 10.0. The molecule has 26 heavy (non-hydrogen) atoms. The first kappa shape index (κ1) is 17.6. The van der Waals surface area contributed by atoms with Gasteiger partial charge in [-0.25, -0.2) is 4.98 Å². The van der Waals surface area contributed by atoms with Crippen LogP contribution in [0.25, 0.3) is 22.3 Å². The molecule has 2 aromatic carbocycles. The molecule has 0 aliphatic rings. The van der Waals surface area contributed by atoms with Gasteiger partial charge in [0.25, 0.3) is 0 Å². The molecule has 7 heteroatoms. The molecule has 0 fully saturated rings. The number of pyridine rings is 1. The monoisotopic (exact) mass is 360 g/mol. The lowest BCUT2D eigenvalue weighted by Gasteiger charge is -2.13. The van der Waals surface area contributed by atoms with Crippen LogP contribution in [0.4, 0.5) is 19.0 Å². The van der Waals surface area contributed by atoms with Crippen LogP contribution in [-0.4, -0.2) is 18.5 Å². The molecule has 3 rings (SSSR count). The number of aromatic nitrogens is 1. The van der Waals surface area contributed by atoms with Crippen molar-refractivity contribution in [3.63, 3.8) is 0 Å². The smallest absolute Gasteiger partial charge is 0.496 e. The molecular weight excluding hydrogens is 345 g/mol. The van der Waals surface area contributed by atoms with Crippen LogP contribution in [0, 0.1) is 0 Å². The fraction of sp³-hybridized carbons (Fsp3) is 0.105. The third kappa shape index (κ3) is 3.88. The summed E-state index contributed by atoms with van der Waals surface area (Å²) in [5.41, 5.74) is 8.49. The van der Waals surface area contributed by atoms with Gasteiger partial charge in [-0.3, -0.25) is 0 Å². The molecule has 0 unspecified atom stereocenters. The molecular formula is C19H15F3N2O2. The molecule has 1 aromatic heterocycles. The molecule has 0 spiro atoms. The van der Waals surface area contributed by atoms with E-state index in [1.165, 1.54) is 24.4 Å². The Kier molecular flexibility index (Phi) is 4.71. The van der Waals surface area contributed by atoms with Crippen LogP contribution in [0.2, 0.25) is 0 Å². The average Bonchev–Trinajstić information content (AvgIpc) is 2.61. The van der Waals surface area contributed by atoms with Crippen LogP contribution < -0.4 is 15.2 Å². The molecule has 0 aliphatic heterocycles. The summed E-state index contributed by atoms with van der Waals surface area (Å²) in [6.45, 7) is 0. The van der Waals surface area contributed by atoms with Gasteiger partial charge in [0.2, 0.25) is 0 Å². The topological polar surface area (TPSA) is 57.4 Å². The minimum absolute atomic E-state index is 0.293. The van der Waals surface area contributed by atoms with Crippen molar-refractivity contribution in [3.05, 3.63) is 60.8 Å². The molecule has 0 atom stereocenters. The lowest BCUT2D eigenvalue weighted by molar-refractivity contribution is -0.274. The number of nitrogens with zero attached hydrogens (tertiary/aromatic N) is 1. The first-order valence-electron chi connectivity index (χ1n) is 7.62. The highest BCUT2D eigenvalue weighted by Gasteiger charge is 2.31. The van der Waals surface area contributed by atoms with E-state index in [9.17, 15) is 13.2 Å². The second kappa shape index (κ2) is 6.95. The van der Waals surface area contributed by atoms with E-state index in [-0.39, 0.29) is 5.75 Å². The SMILES string of the molecule is COc1ccccc1-c1cc(-c2cccc(OC(F)(F)F)c2)cnc1N. The van der Waals surface area contributed by atoms with Gasteiger partial charge in [-0.1, -0.05) is 30.3 Å². The largest absolute Gasteiger partial charge is 0.573 e. The van der Waals surface area contributed by atoms with Crippen LogP contribution in [0.3, 0.4) is 0 Å². The molecule has 4 nitrogen and oxygen atoms in total. The minimum atomic E-state index is -4.75. The first-order valence-corrected chi connectivity index (χ1v) is 7.62. The molecule has 0 amide bonds. The van der Waals surface area contributed by atoms with Gasteiger partial charge in [0.15, 0.2) is 0 Å². The lowest BCUT2D eigenvalue weighted by Crippen LogP contribution is -2.17. The van der Waals surface area contributed by atoms with Gasteiger partial charge >= 0.3 is 6.36 Å². The van der Waals surface area contributed by atoms with E-state index >= 15 is 0 Å². The highest BCUT2D eigenvalue weighted by Crippen LogP contribution is 2.36. The molecule has 1 heterocycles. The van der Waals surface area contributed by atoms with Gasteiger partial charge < -0.3 is 15.2 Å². The Morgan fingerprint density at radius 3 is 2.42 bits per heavy atom. The van der Waals surface area contributed by atoms with Crippen molar-refractivity contribution in [1.82, 2.24) is 4.98 Å². The van der Waals surface area contributed by atoms with Gasteiger partial charge in [-0.15, -0.1) is 13.2 Å². The van der Waals surface area contributed by atoms with E-state index < -0.39 is 6.36 Å². The molecule has 0 saturated carbocycles. The number of hydrogen-bond donors (Lipinski definition) is 1. The maximum absolute atomic E-state index is 12.4. The summed E-state index contributed by atoms with van der Waals surface area (Å²) in [7, 11) is 1.55. The molecule has 0 radical (unpaired) electrons. The maximum Gasteiger partial charge on any atom is 0.573 e. The van der Waals surface area contributed by atoms with Gasteiger partial charge in [-0.05, 0) is 29.8 Å². The fourth-order valence-corrected chi connectivity index (χ4v) is 2.59. The quantitative estimate of drug-likeness (QED) is 0.719. The minimum Gasteiger partial charge on any atom is -0.496 e. The second-order valence-corrected chi connectivity index (χ2v) is 5.43. The second-order valence-electron chi connectivity index (χ2n) is 5.43. The third-order valence-corrected chi connectivity index (χ3v) is 3.72. The molecule has 134 valence electrons. The van der Waals surface area contributed by atoms with Crippen LogP contribution >= 0.6 is 0 Å². The number of methoxy groups -OCH3 is 1. The van der Waals surface area contributed by atoms with E-state index in [1.807, 2.05) is 18.2 Å². The predicted molar refractivity (Wildman–Crippen MR) is 92.8 cm³/mol. The molecule has 0 aliphatic carbocycles. The fourth-order valence-electron chi connectivity index (χ4n) is 2.59. The third-order valence-electron chi connectivity index (χ3n) is 3.72. The number of para-hydroxylation sites is 1. The zero-order chi connectivity index (χ0) is 18.7. The zero-order valence-corrected chi connectivity index (χ0v) is 13.7. The number of benzene rings is 2. The number of ether oxygens (including phenoxy) is 2. The standard InChI is InChI=1S/C19H15F3N2O2/c1-25-17-8-3-2-7-15(17)16-10-13(11-24-18(16)23)12-5-4-6-14(9-12)26-19(20,21)22/h2-11H,1H3,(H2,23,24). The Morgan fingerprint density at radius 1 is 0.923 bits per heavy atom. The summed E-state index contributed by atoms with van der Waals surface area (Å²) in [5.74, 6) is 0.610. The number of alkyl halides is 3. The summed E-state index contributed by atoms with van der Waals surface area (Å²) in [6.07, 6.45) is -3.25. The summed E-state index contributed by atoms with van der Waals surface area (Å²) in [4.78, 5) is 4.17. The Balaban J connectivity index is 2.04. The van der Waals surface area contributed by atoms with E-state index in [0.717, 1.165) is 5.56 Å². The summed E-state index contributed by atoms with van der Waals surface area (Å²) in [6, 6.07) is 14.7. The number of nitrogens with two attached hydrogens (primary N) is 1. The molecule has 0 saturated heterocycles. The first-order chi connectivity index (χ1) is 12.4. The maximum atomic E-state index is 12.4. The summed E-state index contributed by atoms with van der Waals surface area (Å²) >= 11 is 0. The van der Waals surface area contributed by atoms with Crippen molar-refractivity contribution < 1.29 is 22.6 Å². The summed E-state index contributed by atoms with van der Waals surface area (Å²) in [5, 5.41) is 0. The van der Waals surface area contributed by atoms with Crippen LogP contribution in [0.1, 0.15) is 0 Å². The summed E-state index contributed by atoms with van der Waals surface area (Å²) < 4.78 is 46.6. The number of halogens is 3. The Bertz CT molecular complexity index is 927. The highest BCUT2D eigenvalue weighted by atomic mass is 19.4. The number of nitrogen functional groups attached to an aromatic ring is 1. The van der Waals surface area contributed by atoms with Crippen molar-refractivity contribution in [3.8, 4) is 33.8 Å². The van der Waals surface area contributed by atoms with Crippen molar-refractivity contribution >= 4 is 5.82 Å². The van der Waals surface area contributed by atoms with Crippen LogP contribution in [-0.2, 0) is 0 Å². The van der Waals surface area contributed by atoms with Gasteiger partial charge in [0.05, 0.1) is 7.11 Å². The van der Waals surface area contributed by atoms with Crippen molar-refractivity contribution in [2.45, 2.75) is 6.36 Å². The van der Waals surface area contributed by atoms with Gasteiger partial charge in [-0.2, -0.15) is 0 Å². The van der Waals surface area contributed by atoms with Crippen LogP contribution in [0.15, 0.2) is 60.8 Å². The molecule has 2 N–H and O–H groups in total. The Morgan fingerprint density at radius 2 is 1.69 bits per heavy atom. The van der Waals surface area contributed by atoms with Gasteiger partial charge in [0.1, 0.15) is 17.3 Å². The Hall–Kier alpha value is -3.22. The number of rotatable bonds is 4. The average molecular weight is 360 g/mol. The zero-order valence-electron chi connectivity index (χ0n) is 13.7. The predicted octanol–water partition coefficient (Wildman–Crippen LogP) is 4.91. The number of anilines is 1. The van der Waals surface area contributed by atoms with Crippen LogP contribution in [0.5, 0.6) is 11.5 Å². The van der Waals surface area contributed by atoms with E-state index in [2.05, 4.69) is 9.72 Å². The van der Waals surface area contributed by atoms with E-state index in [4.69, 9.17) is 10.5 Å². The highest BCUT2D eigenvalue weighted by molar-refractivity contribution is 5.82. The van der Waals surface area contributed by atoms with Crippen molar-refractivity contribution in [2.75, 3.05) is 12.8 Å².